The van der Waals surface area contributed by atoms with Crippen LogP contribution >= 0.6 is 0 Å². The smallest absolute Gasteiger partial charge is 0.549 e. The van der Waals surface area contributed by atoms with Crippen LogP contribution < -0.4 is 15.3 Å². The quantitative estimate of drug-likeness (QED) is 0.341. The molecule has 0 N–H and O–H groups in total. The number of ketones is 3. The van der Waals surface area contributed by atoms with Crippen LogP contribution in [0.4, 0.5) is 0 Å². The van der Waals surface area contributed by atoms with Gasteiger partial charge in [-0.05, 0) is 40.0 Å². The van der Waals surface area contributed by atoms with Gasteiger partial charge in [0.05, 0.1) is 35.7 Å². The van der Waals surface area contributed by atoms with Crippen LogP contribution in [0.1, 0.15) is 60.8 Å². The van der Waals surface area contributed by atoms with Crippen molar-refractivity contribution in [3.05, 3.63) is 0 Å². The zero-order valence-electron chi connectivity index (χ0n) is 17.0. The summed E-state index contributed by atoms with van der Waals surface area (Å²) in [5.41, 5.74) is 0. The molecular formula is C18H27O9Zr. The Balaban J connectivity index is -0.000000152. The van der Waals surface area contributed by atoms with E-state index in [2.05, 4.69) is 0 Å². The number of carbonyl (C=O) groups is 6. The standard InChI is InChI=1S/3C6H10O3.Zr/c3*1-3-5(4(2)7)6(8)9;/h3*5H,3H2,1-2H3,(H,8,9);/q;;;+3/p-3. The summed E-state index contributed by atoms with van der Waals surface area (Å²) < 4.78 is 0. The Kier molecular flexibility index (Phi) is 22.6. The van der Waals surface area contributed by atoms with Crippen molar-refractivity contribution in [2.24, 2.45) is 17.8 Å². The second-order valence-corrected chi connectivity index (χ2v) is 5.67. The van der Waals surface area contributed by atoms with Crippen LogP contribution in [0, 0.1) is 17.8 Å². The largest absolute Gasteiger partial charge is 3.00 e. The van der Waals surface area contributed by atoms with Crippen molar-refractivity contribution in [3.8, 4) is 0 Å². The van der Waals surface area contributed by atoms with Crippen LogP contribution in [0.2, 0.25) is 0 Å². The minimum atomic E-state index is -1.27. The van der Waals surface area contributed by atoms with Crippen LogP contribution in [0.3, 0.4) is 0 Å². The van der Waals surface area contributed by atoms with Crippen LogP contribution in [-0.4, -0.2) is 35.3 Å². The molecule has 3 unspecified atom stereocenters. The monoisotopic (exact) mass is 477 g/mol. The van der Waals surface area contributed by atoms with E-state index < -0.39 is 35.7 Å². The van der Waals surface area contributed by atoms with E-state index in [1.165, 1.54) is 20.8 Å². The zero-order valence-corrected chi connectivity index (χ0v) is 19.5. The molecule has 9 nitrogen and oxygen atoms in total. The molecule has 28 heavy (non-hydrogen) atoms. The Morgan fingerprint density at radius 2 is 0.679 bits per heavy atom. The van der Waals surface area contributed by atoms with E-state index in [1.54, 1.807) is 20.8 Å². The van der Waals surface area contributed by atoms with Gasteiger partial charge in [0.25, 0.3) is 0 Å². The summed E-state index contributed by atoms with van der Waals surface area (Å²) >= 11 is 0. The topological polar surface area (TPSA) is 172 Å². The van der Waals surface area contributed by atoms with Gasteiger partial charge >= 0.3 is 26.2 Å². The SMILES string of the molecule is CCC(C(C)=O)C(=O)[O-].CCC(C(C)=O)C(=O)[O-].CCC(C(C)=O)C(=O)[O-].[Zr+3]. The predicted octanol–water partition coefficient (Wildman–Crippen LogP) is -1.95. The van der Waals surface area contributed by atoms with E-state index in [0.717, 1.165) is 0 Å². The summed E-state index contributed by atoms with van der Waals surface area (Å²) in [4.78, 5) is 61.3. The predicted molar refractivity (Wildman–Crippen MR) is 88.4 cm³/mol. The molecule has 0 saturated carbocycles. The van der Waals surface area contributed by atoms with Crippen molar-refractivity contribution in [3.63, 3.8) is 0 Å². The Labute approximate surface area is 184 Å². The second-order valence-electron chi connectivity index (χ2n) is 5.67. The molecule has 0 aliphatic heterocycles. The fraction of sp³-hybridized carbons (Fsp3) is 0.667. The molecule has 0 aliphatic rings. The molecule has 0 saturated heterocycles. The van der Waals surface area contributed by atoms with Gasteiger partial charge in [-0.25, -0.2) is 0 Å². The van der Waals surface area contributed by atoms with Crippen molar-refractivity contribution in [1.29, 1.82) is 0 Å². The minimum absolute atomic E-state index is 0. The maximum atomic E-state index is 10.4. The first-order valence-electron chi connectivity index (χ1n) is 8.42. The summed E-state index contributed by atoms with van der Waals surface area (Å²) in [6.45, 7) is 8.68. The molecule has 157 valence electrons. The van der Waals surface area contributed by atoms with E-state index in [0.29, 0.717) is 19.3 Å². The number of hydrogen-bond acceptors (Lipinski definition) is 9. The normalized spacial score (nSPS) is 12.2. The summed E-state index contributed by atoms with van der Waals surface area (Å²) in [6.07, 6.45) is 0.951. The third-order valence-electron chi connectivity index (χ3n) is 3.55. The van der Waals surface area contributed by atoms with Crippen molar-refractivity contribution in [1.82, 2.24) is 0 Å². The van der Waals surface area contributed by atoms with Crippen molar-refractivity contribution in [2.75, 3.05) is 0 Å². The van der Waals surface area contributed by atoms with Gasteiger partial charge in [0.1, 0.15) is 17.3 Å². The van der Waals surface area contributed by atoms with E-state index in [-0.39, 0.29) is 43.6 Å². The first-order chi connectivity index (χ1) is 12.3. The van der Waals surface area contributed by atoms with Crippen molar-refractivity contribution < 1.29 is 70.3 Å². The molecule has 0 aromatic carbocycles. The number of rotatable bonds is 9. The molecule has 0 rings (SSSR count). The van der Waals surface area contributed by atoms with Crippen LogP contribution in [-0.2, 0) is 55.0 Å². The molecule has 0 aromatic heterocycles. The third kappa shape index (κ3) is 16.5. The van der Waals surface area contributed by atoms with Gasteiger partial charge in [0, 0.05) is 0 Å². The molecule has 10 heteroatoms. The van der Waals surface area contributed by atoms with E-state index in [9.17, 15) is 44.1 Å². The molecule has 1 radical (unpaired) electrons. The molecule has 3 atom stereocenters. The average molecular weight is 479 g/mol. The first kappa shape index (κ1) is 33.9. The zero-order chi connectivity index (χ0) is 22.3. The summed E-state index contributed by atoms with van der Waals surface area (Å²) in [5.74, 6) is -7.56. The maximum absolute atomic E-state index is 10.4. The van der Waals surface area contributed by atoms with Gasteiger partial charge in [-0.1, -0.05) is 20.8 Å². The van der Waals surface area contributed by atoms with Gasteiger partial charge in [-0.15, -0.1) is 0 Å². The number of carbonyl (C=O) groups excluding carboxylic acids is 6. The Bertz CT molecular complexity index is 425. The van der Waals surface area contributed by atoms with Gasteiger partial charge in [-0.3, -0.25) is 14.4 Å². The summed E-state index contributed by atoms with van der Waals surface area (Å²) in [7, 11) is 0. The molecule has 0 bridgehead atoms. The van der Waals surface area contributed by atoms with Crippen LogP contribution in [0.5, 0.6) is 0 Å². The van der Waals surface area contributed by atoms with Gasteiger partial charge < -0.3 is 29.7 Å². The summed E-state index contributed by atoms with van der Waals surface area (Å²) in [6, 6.07) is 0. The van der Waals surface area contributed by atoms with Gasteiger partial charge in [0.2, 0.25) is 0 Å². The molecule has 0 heterocycles. The van der Waals surface area contributed by atoms with E-state index >= 15 is 0 Å². The fourth-order valence-corrected chi connectivity index (χ4v) is 1.86. The number of Topliss-reactive ketones (excluding diaryl/α,β-unsaturated/α-hetero) is 3. The number of carboxylic acids is 3. The molecule has 0 spiro atoms. The second kappa shape index (κ2) is 18.7. The first-order valence-corrected chi connectivity index (χ1v) is 8.42. The molecular weight excluding hydrogens is 451 g/mol. The van der Waals surface area contributed by atoms with Crippen LogP contribution in [0.25, 0.3) is 0 Å². The average Bonchev–Trinajstić information content (AvgIpc) is 2.47. The Morgan fingerprint density at radius 1 is 0.536 bits per heavy atom. The Morgan fingerprint density at radius 3 is 0.679 bits per heavy atom. The molecule has 0 aromatic rings. The van der Waals surface area contributed by atoms with E-state index in [1.807, 2.05) is 0 Å². The molecule has 0 fully saturated rings. The minimum Gasteiger partial charge on any atom is -0.549 e. The molecule has 0 aliphatic carbocycles. The summed E-state index contributed by atoms with van der Waals surface area (Å²) in [5, 5.41) is 30.1. The number of carboxylic acid groups (broad SMARTS) is 3. The van der Waals surface area contributed by atoms with Gasteiger partial charge in [0.15, 0.2) is 0 Å². The molecule has 0 amide bonds. The van der Waals surface area contributed by atoms with Crippen molar-refractivity contribution in [2.45, 2.75) is 60.8 Å². The fourth-order valence-electron chi connectivity index (χ4n) is 1.86. The maximum Gasteiger partial charge on any atom is 3.00 e. The number of aliphatic carboxylic acids is 3. The van der Waals surface area contributed by atoms with Crippen LogP contribution in [0.15, 0.2) is 0 Å². The number of hydrogen-bond donors (Lipinski definition) is 0. The van der Waals surface area contributed by atoms with E-state index in [4.69, 9.17) is 0 Å². The van der Waals surface area contributed by atoms with Crippen molar-refractivity contribution >= 4 is 35.3 Å². The Hall–Kier alpha value is -1.70. The third-order valence-corrected chi connectivity index (χ3v) is 3.55. The van der Waals surface area contributed by atoms with Gasteiger partial charge in [-0.2, -0.15) is 0 Å².